The van der Waals surface area contributed by atoms with Crippen molar-refractivity contribution in [3.05, 3.63) is 72.2 Å². The van der Waals surface area contributed by atoms with Crippen LogP contribution in [0, 0.1) is 17.3 Å². The van der Waals surface area contributed by atoms with Crippen molar-refractivity contribution < 1.29 is 38.0 Å². The summed E-state index contributed by atoms with van der Waals surface area (Å²) in [5, 5.41) is 9.75. The highest BCUT2D eigenvalue weighted by Gasteiger charge is 2.40. The maximum absolute atomic E-state index is 14.6. The van der Waals surface area contributed by atoms with Gasteiger partial charge in [0.1, 0.15) is 18.1 Å². The molecule has 6 bridgehead atoms. The predicted molar refractivity (Wildman–Crippen MR) is 240 cm³/mol. The molecule has 3 aromatic heterocycles. The number of nitrogens with zero attached hydrogens (tertiary/aromatic N) is 6. The lowest BCUT2D eigenvalue weighted by Gasteiger charge is -2.36. The molecule has 0 radical (unpaired) electrons. The zero-order valence-electron chi connectivity index (χ0n) is 38.3. The Hall–Kier alpha value is -5.87. The summed E-state index contributed by atoms with van der Waals surface area (Å²) in [5.41, 5.74) is 8.61. The van der Waals surface area contributed by atoms with Gasteiger partial charge < -0.3 is 33.7 Å². The van der Waals surface area contributed by atoms with E-state index in [4.69, 9.17) is 19.0 Å². The Labute approximate surface area is 374 Å². The Bertz CT molecular complexity index is 2420. The highest BCUT2D eigenvalue weighted by atomic mass is 16.5. The number of hydrogen-bond acceptors (Lipinski definition) is 11. The van der Waals surface area contributed by atoms with Gasteiger partial charge in [-0.25, -0.2) is 5.43 Å². The Kier molecular flexibility index (Phi) is 13.8. The Morgan fingerprint density at radius 3 is 2.62 bits per heavy atom. The van der Waals surface area contributed by atoms with Crippen molar-refractivity contribution in [2.75, 3.05) is 40.4 Å². The van der Waals surface area contributed by atoms with E-state index in [0.717, 1.165) is 39.0 Å². The van der Waals surface area contributed by atoms with Crippen LogP contribution in [0.1, 0.15) is 83.9 Å². The standard InChI is InChI=1S/C48H62N8O8/c1-10-40(57)54-21-18-31(26-54)45(59)53(8)42(28(3)4)44(58)50-37-23-32-24-39(64-52-32)30-16-17-38-34(22-30)35(43(55(38)11-2)33-14-12-19-49-41(33)29(5)62-9)25-48(6,7)27-63-47(61)36-15-13-20-56(51-36)46(37)60/h10,12,14,16-17,19,22,24,28-29,31,36-37,42,51H,1,11,13,15,18,20-21,23,25-27H2,2-9H3,(H,50,58)/t29-,31-,36-,37-,42-/m0/s1. The number of methoxy groups -OCH3 is 1. The molecule has 7 rings (SSSR count). The summed E-state index contributed by atoms with van der Waals surface area (Å²) in [6.45, 7) is 17.2. The molecule has 0 spiro atoms. The van der Waals surface area contributed by atoms with Crippen LogP contribution in [-0.4, -0.2) is 118 Å². The van der Waals surface area contributed by atoms with E-state index in [1.54, 1.807) is 31.3 Å². The molecule has 16 nitrogen and oxygen atoms in total. The Morgan fingerprint density at radius 2 is 1.91 bits per heavy atom. The summed E-state index contributed by atoms with van der Waals surface area (Å²) in [4.78, 5) is 76.7. The first-order chi connectivity index (χ1) is 30.5. The van der Waals surface area contributed by atoms with Crippen LogP contribution in [-0.2, 0) is 52.8 Å². The molecular formula is C48H62N8O8. The van der Waals surface area contributed by atoms with Crippen LogP contribution in [0.3, 0.4) is 0 Å². The topological polar surface area (TPSA) is 181 Å². The lowest BCUT2D eigenvalue weighted by molar-refractivity contribution is -0.155. The largest absolute Gasteiger partial charge is 0.464 e. The molecule has 4 amide bonds. The third-order valence-corrected chi connectivity index (χ3v) is 12.9. The molecule has 3 aliphatic heterocycles. The fourth-order valence-corrected chi connectivity index (χ4v) is 9.50. The number of carbonyl (C=O) groups is 5. The van der Waals surface area contributed by atoms with Crippen LogP contribution in [0.15, 0.2) is 59.8 Å². The van der Waals surface area contributed by atoms with E-state index in [2.05, 4.69) is 66.0 Å². The van der Waals surface area contributed by atoms with Crippen LogP contribution in [0.5, 0.6) is 0 Å². The fourth-order valence-electron chi connectivity index (χ4n) is 9.50. The number of likely N-dealkylation sites (tertiary alicyclic amines) is 1. The Balaban J connectivity index is 1.27. The number of nitrogens with one attached hydrogen (secondary N) is 2. The number of pyridine rings is 1. The molecule has 4 aromatic rings. The van der Waals surface area contributed by atoms with E-state index in [1.165, 1.54) is 16.0 Å². The van der Waals surface area contributed by atoms with E-state index in [9.17, 15) is 24.0 Å². The number of aryl methyl sites for hydroxylation is 1. The number of cyclic esters (lactones) is 1. The quantitative estimate of drug-likeness (QED) is 0.157. The molecule has 3 aliphatic rings. The highest BCUT2D eigenvalue weighted by molar-refractivity contribution is 5.96. The molecule has 1 aromatic carbocycles. The minimum Gasteiger partial charge on any atom is -0.464 e. The minimum absolute atomic E-state index is 0.0371. The third kappa shape index (κ3) is 9.34. The second-order valence-electron chi connectivity index (χ2n) is 18.4. The maximum atomic E-state index is 14.6. The normalized spacial score (nSPS) is 21.3. The first kappa shape index (κ1) is 46.1. The van der Waals surface area contributed by atoms with Gasteiger partial charge in [-0.3, -0.25) is 34.0 Å². The number of hydrazine groups is 1. The number of esters is 1. The van der Waals surface area contributed by atoms with Gasteiger partial charge in [-0.1, -0.05) is 39.4 Å². The van der Waals surface area contributed by atoms with Crippen LogP contribution in [0.2, 0.25) is 0 Å². The molecule has 2 N–H and O–H groups in total. The first-order valence-corrected chi connectivity index (χ1v) is 22.4. The molecule has 342 valence electrons. The van der Waals surface area contributed by atoms with E-state index in [1.807, 2.05) is 32.9 Å². The summed E-state index contributed by atoms with van der Waals surface area (Å²) in [5.74, 6) is -2.31. The van der Waals surface area contributed by atoms with Gasteiger partial charge in [-0.15, -0.1) is 0 Å². The maximum Gasteiger partial charge on any atom is 0.324 e. The zero-order chi connectivity index (χ0) is 46.0. The molecule has 64 heavy (non-hydrogen) atoms. The summed E-state index contributed by atoms with van der Waals surface area (Å²) in [6, 6.07) is 9.04. The van der Waals surface area contributed by atoms with Crippen molar-refractivity contribution >= 4 is 40.5 Å². The molecule has 0 saturated carbocycles. The Morgan fingerprint density at radius 1 is 1.12 bits per heavy atom. The molecule has 0 aliphatic carbocycles. The minimum atomic E-state index is -1.15. The van der Waals surface area contributed by atoms with Crippen molar-refractivity contribution in [2.45, 2.75) is 104 Å². The van der Waals surface area contributed by atoms with Crippen molar-refractivity contribution in [1.29, 1.82) is 0 Å². The zero-order valence-corrected chi connectivity index (χ0v) is 38.3. The van der Waals surface area contributed by atoms with Crippen molar-refractivity contribution in [2.24, 2.45) is 17.3 Å². The molecule has 16 heteroatoms. The fraction of sp³-hybridized carbons (Fsp3) is 0.521. The van der Waals surface area contributed by atoms with E-state index in [0.29, 0.717) is 50.2 Å². The average Bonchev–Trinajstić information content (AvgIpc) is 4.05. The second kappa shape index (κ2) is 19.1. The summed E-state index contributed by atoms with van der Waals surface area (Å²) in [6.07, 6.45) is 4.68. The predicted octanol–water partition coefficient (Wildman–Crippen LogP) is 5.25. The number of carbonyl (C=O) groups excluding carboxylic acids is 5. The van der Waals surface area contributed by atoms with E-state index < -0.39 is 47.2 Å². The van der Waals surface area contributed by atoms with Crippen molar-refractivity contribution in [1.82, 2.24) is 40.3 Å². The van der Waals surface area contributed by atoms with Gasteiger partial charge in [-0.2, -0.15) is 0 Å². The molecule has 0 unspecified atom stereocenters. The third-order valence-electron chi connectivity index (χ3n) is 12.9. The summed E-state index contributed by atoms with van der Waals surface area (Å²) in [7, 11) is 3.25. The van der Waals surface area contributed by atoms with Gasteiger partial charge in [0.15, 0.2) is 5.76 Å². The van der Waals surface area contributed by atoms with Crippen LogP contribution in [0.25, 0.3) is 33.5 Å². The van der Waals surface area contributed by atoms with Gasteiger partial charge >= 0.3 is 5.97 Å². The highest BCUT2D eigenvalue weighted by Crippen LogP contribution is 2.42. The van der Waals surface area contributed by atoms with Gasteiger partial charge in [0.25, 0.3) is 5.91 Å². The number of rotatable bonds is 10. The molecule has 2 fully saturated rings. The van der Waals surface area contributed by atoms with Crippen LogP contribution >= 0.6 is 0 Å². The summed E-state index contributed by atoms with van der Waals surface area (Å²) >= 11 is 0. The number of hydrogen-bond donors (Lipinski definition) is 2. The second-order valence-corrected chi connectivity index (χ2v) is 18.4. The number of likely N-dealkylation sites (N-methyl/N-ethyl adjacent to an activating group) is 1. The van der Waals surface area contributed by atoms with Gasteiger partial charge in [-0.05, 0) is 87.4 Å². The molecule has 6 heterocycles. The average molecular weight is 879 g/mol. The van der Waals surface area contributed by atoms with Gasteiger partial charge in [0.05, 0.1) is 35.7 Å². The lowest BCUT2D eigenvalue weighted by atomic mass is 9.84. The van der Waals surface area contributed by atoms with E-state index >= 15 is 0 Å². The number of fused-ring (bicyclic) bond motifs is 6. The van der Waals surface area contributed by atoms with Gasteiger partial charge in [0, 0.05) is 86.5 Å². The number of ether oxygens (including phenoxy) is 2. The van der Waals surface area contributed by atoms with Crippen LogP contribution < -0.4 is 10.7 Å². The number of amides is 4. The van der Waals surface area contributed by atoms with Crippen molar-refractivity contribution in [3.63, 3.8) is 0 Å². The number of aromatic nitrogens is 3. The first-order valence-electron chi connectivity index (χ1n) is 22.4. The van der Waals surface area contributed by atoms with Crippen LogP contribution in [0.4, 0.5) is 0 Å². The smallest absolute Gasteiger partial charge is 0.324 e. The molecule has 2 saturated heterocycles. The SMILES string of the molecule is C=CC(=O)N1CC[C@H](C(=O)N(C)[C@H](C(=O)N[C@H]2Cc3cc(on3)-c3ccc4c(c3)c(c(-c3cccnc3[C@H](C)OC)n4CC)CC(C)(C)COC(=O)[C@@H]3CCCN(N3)C2=O)C(C)C)C1. The lowest BCUT2D eigenvalue weighted by Crippen LogP contribution is -2.62. The summed E-state index contributed by atoms with van der Waals surface area (Å²) < 4.78 is 20.2. The monoisotopic (exact) mass is 878 g/mol. The van der Waals surface area contributed by atoms with Crippen molar-refractivity contribution in [3.8, 4) is 22.6 Å². The van der Waals surface area contributed by atoms with E-state index in [-0.39, 0.29) is 50.0 Å². The molecular weight excluding hydrogens is 817 g/mol. The van der Waals surface area contributed by atoms with Gasteiger partial charge in [0.2, 0.25) is 17.7 Å². The number of benzene rings is 1. The molecule has 5 atom stereocenters.